The average molecular weight is 510 g/mol. The van der Waals surface area contributed by atoms with Gasteiger partial charge in [-0.05, 0) is 36.4 Å². The van der Waals surface area contributed by atoms with Gasteiger partial charge in [0.15, 0.2) is 5.96 Å². The van der Waals surface area contributed by atoms with Gasteiger partial charge >= 0.3 is 0 Å². The number of nitrogens with one attached hydrogen (secondary N) is 2. The van der Waals surface area contributed by atoms with Crippen LogP contribution in [0.25, 0.3) is 0 Å². The van der Waals surface area contributed by atoms with Crippen molar-refractivity contribution in [3.8, 4) is 5.75 Å². The molecule has 1 aliphatic heterocycles. The second kappa shape index (κ2) is 11.4. The zero-order valence-corrected chi connectivity index (χ0v) is 18.7. The number of phenolic OH excluding ortho intramolecular Hbond substituents is 1. The van der Waals surface area contributed by atoms with Crippen LogP contribution in [-0.2, 0) is 0 Å². The smallest absolute Gasteiger partial charge is 0.251 e. The number of aromatic hydroxyl groups is 1. The standard InChI is InChI=1S/C20H26N6O2.HI/c1-21-20(24-11-10-23-19(28)16-5-7-17(27)8-6-16)26-14-12-25(13-15-26)18-4-2-3-9-22-18;/h2-9,27H,10-15H2,1H3,(H,21,24)(H,23,28);1H. The second-order valence-electron chi connectivity index (χ2n) is 6.44. The lowest BCUT2D eigenvalue weighted by atomic mass is 10.2. The predicted octanol–water partition coefficient (Wildman–Crippen LogP) is 1.53. The van der Waals surface area contributed by atoms with Crippen LogP contribution >= 0.6 is 24.0 Å². The van der Waals surface area contributed by atoms with Crippen molar-refractivity contribution in [3.63, 3.8) is 0 Å². The van der Waals surface area contributed by atoms with Gasteiger partial charge in [-0.15, -0.1) is 24.0 Å². The van der Waals surface area contributed by atoms with Crippen LogP contribution in [0.5, 0.6) is 5.75 Å². The number of carbonyl (C=O) groups excluding carboxylic acids is 1. The summed E-state index contributed by atoms with van der Waals surface area (Å²) in [7, 11) is 1.77. The molecule has 0 radical (unpaired) electrons. The number of carbonyl (C=O) groups is 1. The molecular formula is C20H27IN6O2. The van der Waals surface area contributed by atoms with E-state index in [1.165, 1.54) is 12.1 Å². The maximum absolute atomic E-state index is 12.1. The molecule has 2 aromatic rings. The Kier molecular flexibility index (Phi) is 8.97. The minimum atomic E-state index is -0.166. The van der Waals surface area contributed by atoms with Crippen molar-refractivity contribution in [2.45, 2.75) is 0 Å². The first-order valence-corrected chi connectivity index (χ1v) is 9.36. The molecule has 0 atom stereocenters. The van der Waals surface area contributed by atoms with E-state index in [0.717, 1.165) is 38.0 Å². The average Bonchev–Trinajstić information content (AvgIpc) is 2.75. The molecule has 2 heterocycles. The van der Waals surface area contributed by atoms with Gasteiger partial charge in [-0.1, -0.05) is 6.07 Å². The molecule has 1 aromatic carbocycles. The molecule has 3 N–H and O–H groups in total. The molecule has 1 fully saturated rings. The highest BCUT2D eigenvalue weighted by atomic mass is 127. The summed E-state index contributed by atoms with van der Waals surface area (Å²) in [6, 6.07) is 12.1. The number of amides is 1. The number of halogens is 1. The fraction of sp³-hybridized carbons (Fsp3) is 0.350. The molecule has 0 unspecified atom stereocenters. The van der Waals surface area contributed by atoms with Gasteiger partial charge in [0.2, 0.25) is 0 Å². The van der Waals surface area contributed by atoms with Crippen LogP contribution in [-0.4, -0.2) is 73.2 Å². The Labute approximate surface area is 188 Å². The molecule has 0 saturated carbocycles. The Balaban J connectivity index is 0.00000300. The largest absolute Gasteiger partial charge is 0.508 e. The van der Waals surface area contributed by atoms with Crippen molar-refractivity contribution < 1.29 is 9.90 Å². The number of rotatable bonds is 5. The topological polar surface area (TPSA) is 93.1 Å². The van der Waals surface area contributed by atoms with Crippen molar-refractivity contribution in [2.75, 3.05) is 51.2 Å². The van der Waals surface area contributed by atoms with Crippen LogP contribution in [0, 0.1) is 0 Å². The van der Waals surface area contributed by atoms with Gasteiger partial charge in [-0.25, -0.2) is 4.98 Å². The second-order valence-corrected chi connectivity index (χ2v) is 6.44. The summed E-state index contributed by atoms with van der Waals surface area (Å²) in [6.07, 6.45) is 1.81. The predicted molar refractivity (Wildman–Crippen MR) is 125 cm³/mol. The zero-order valence-electron chi connectivity index (χ0n) is 16.4. The highest BCUT2D eigenvalue weighted by Gasteiger charge is 2.20. The number of hydrogen-bond acceptors (Lipinski definition) is 5. The Morgan fingerprint density at radius 2 is 1.76 bits per heavy atom. The van der Waals surface area contributed by atoms with Gasteiger partial charge in [0, 0.05) is 58.1 Å². The van der Waals surface area contributed by atoms with Gasteiger partial charge < -0.3 is 25.5 Å². The van der Waals surface area contributed by atoms with Crippen LogP contribution in [0.1, 0.15) is 10.4 Å². The third-order valence-corrected chi connectivity index (χ3v) is 4.59. The third kappa shape index (κ3) is 6.48. The lowest BCUT2D eigenvalue weighted by Crippen LogP contribution is -2.53. The number of nitrogens with zero attached hydrogens (tertiary/aromatic N) is 4. The SMILES string of the molecule is CN=C(NCCNC(=O)c1ccc(O)cc1)N1CCN(c2ccccn2)CC1.I. The molecule has 1 aromatic heterocycles. The minimum Gasteiger partial charge on any atom is -0.508 e. The van der Waals surface area contributed by atoms with Crippen LogP contribution < -0.4 is 15.5 Å². The number of aromatic nitrogens is 1. The third-order valence-electron chi connectivity index (χ3n) is 4.59. The summed E-state index contributed by atoms with van der Waals surface area (Å²) >= 11 is 0. The fourth-order valence-corrected chi connectivity index (χ4v) is 3.09. The van der Waals surface area contributed by atoms with Crippen LogP contribution in [0.15, 0.2) is 53.7 Å². The fourth-order valence-electron chi connectivity index (χ4n) is 3.09. The van der Waals surface area contributed by atoms with Crippen molar-refractivity contribution >= 4 is 41.7 Å². The number of anilines is 1. The Morgan fingerprint density at radius 1 is 1.07 bits per heavy atom. The zero-order chi connectivity index (χ0) is 19.8. The number of aliphatic imine (C=N–C) groups is 1. The van der Waals surface area contributed by atoms with E-state index < -0.39 is 0 Å². The number of phenols is 1. The molecule has 29 heavy (non-hydrogen) atoms. The molecule has 9 heteroatoms. The van der Waals surface area contributed by atoms with Crippen molar-refractivity contribution in [2.24, 2.45) is 4.99 Å². The van der Waals surface area contributed by atoms with Crippen LogP contribution in [0.4, 0.5) is 5.82 Å². The molecular weight excluding hydrogens is 483 g/mol. The van der Waals surface area contributed by atoms with E-state index in [-0.39, 0.29) is 35.6 Å². The summed E-state index contributed by atoms with van der Waals surface area (Å²) in [5.41, 5.74) is 0.521. The Bertz CT molecular complexity index is 792. The monoisotopic (exact) mass is 510 g/mol. The minimum absolute atomic E-state index is 0. The summed E-state index contributed by atoms with van der Waals surface area (Å²) in [4.78, 5) is 25.3. The van der Waals surface area contributed by atoms with E-state index >= 15 is 0 Å². The van der Waals surface area contributed by atoms with Gasteiger partial charge in [0.25, 0.3) is 5.91 Å². The molecule has 1 aliphatic rings. The summed E-state index contributed by atoms with van der Waals surface area (Å²) in [5.74, 6) is 1.81. The molecule has 0 bridgehead atoms. The van der Waals surface area contributed by atoms with E-state index in [9.17, 15) is 9.90 Å². The lowest BCUT2D eigenvalue weighted by Gasteiger charge is -2.37. The van der Waals surface area contributed by atoms with Gasteiger partial charge in [0.1, 0.15) is 11.6 Å². The molecule has 1 saturated heterocycles. The summed E-state index contributed by atoms with van der Waals surface area (Å²) in [5, 5.41) is 15.4. The number of pyridine rings is 1. The van der Waals surface area contributed by atoms with Gasteiger partial charge in [-0.3, -0.25) is 9.79 Å². The molecule has 0 aliphatic carbocycles. The van der Waals surface area contributed by atoms with E-state index in [1.54, 1.807) is 19.2 Å². The van der Waals surface area contributed by atoms with Crippen LogP contribution in [0.3, 0.4) is 0 Å². The normalized spacial score (nSPS) is 14.2. The summed E-state index contributed by atoms with van der Waals surface area (Å²) < 4.78 is 0. The highest BCUT2D eigenvalue weighted by Crippen LogP contribution is 2.12. The molecule has 3 rings (SSSR count). The van der Waals surface area contributed by atoms with Crippen molar-refractivity contribution in [3.05, 3.63) is 54.2 Å². The molecule has 156 valence electrons. The Morgan fingerprint density at radius 3 is 2.38 bits per heavy atom. The number of guanidine groups is 1. The first kappa shape index (κ1) is 22.7. The maximum atomic E-state index is 12.1. The number of piperazine rings is 1. The van der Waals surface area contributed by atoms with Crippen molar-refractivity contribution in [1.82, 2.24) is 20.5 Å². The molecule has 8 nitrogen and oxygen atoms in total. The van der Waals surface area contributed by atoms with Crippen LogP contribution in [0.2, 0.25) is 0 Å². The van der Waals surface area contributed by atoms with E-state index in [4.69, 9.17) is 0 Å². The van der Waals surface area contributed by atoms with E-state index in [2.05, 4.69) is 30.4 Å². The first-order chi connectivity index (χ1) is 13.7. The lowest BCUT2D eigenvalue weighted by molar-refractivity contribution is 0.0954. The van der Waals surface area contributed by atoms with E-state index in [0.29, 0.717) is 18.7 Å². The highest BCUT2D eigenvalue weighted by molar-refractivity contribution is 14.0. The quantitative estimate of drug-likeness (QED) is 0.245. The molecule has 1 amide bonds. The maximum Gasteiger partial charge on any atom is 0.251 e. The number of hydrogen-bond donors (Lipinski definition) is 3. The Hall–Kier alpha value is -2.56. The first-order valence-electron chi connectivity index (χ1n) is 9.36. The van der Waals surface area contributed by atoms with Crippen molar-refractivity contribution in [1.29, 1.82) is 0 Å². The van der Waals surface area contributed by atoms with Gasteiger partial charge in [0.05, 0.1) is 0 Å². The van der Waals surface area contributed by atoms with E-state index in [1.807, 2.05) is 24.4 Å². The van der Waals surface area contributed by atoms with Gasteiger partial charge in [-0.2, -0.15) is 0 Å². The summed E-state index contributed by atoms with van der Waals surface area (Å²) in [6.45, 7) is 4.54. The molecule has 0 spiro atoms. The number of benzene rings is 1.